The highest BCUT2D eigenvalue weighted by Gasteiger charge is 1.98. The van der Waals surface area contributed by atoms with Crippen LogP contribution in [-0.4, -0.2) is 12.5 Å². The lowest BCUT2D eigenvalue weighted by atomic mass is 10.2. The second kappa shape index (κ2) is 10.1. The van der Waals surface area contributed by atoms with E-state index in [1.807, 2.05) is 6.92 Å². The molecule has 2 nitrogen and oxygen atoms in total. The first-order chi connectivity index (χ1) is 6.81. The summed E-state index contributed by atoms with van der Waals surface area (Å²) < 4.78 is 0. The normalized spacial score (nSPS) is 9.00. The maximum atomic E-state index is 11.2. The number of amides is 1. The summed E-state index contributed by atoms with van der Waals surface area (Å²) in [6.45, 7) is 4.74. The Bertz CT molecular complexity index is 200. The van der Waals surface area contributed by atoms with E-state index in [-0.39, 0.29) is 5.91 Å². The van der Waals surface area contributed by atoms with Gasteiger partial charge in [-0.15, -0.1) is 11.8 Å². The van der Waals surface area contributed by atoms with Gasteiger partial charge in [-0.25, -0.2) is 0 Å². The molecule has 0 aromatic rings. The minimum Gasteiger partial charge on any atom is -0.356 e. The summed E-state index contributed by atoms with van der Waals surface area (Å²) >= 11 is 0. The Hall–Kier alpha value is -0.970. The van der Waals surface area contributed by atoms with E-state index in [2.05, 4.69) is 24.1 Å². The third-order valence-corrected chi connectivity index (χ3v) is 1.98. The Balaban J connectivity index is 3.21. The number of unbranched alkanes of at least 4 members (excludes halogenated alkanes) is 3. The van der Waals surface area contributed by atoms with Crippen LogP contribution in [0.4, 0.5) is 0 Å². The maximum absolute atomic E-state index is 11.2. The molecule has 14 heavy (non-hydrogen) atoms. The fourth-order valence-electron chi connectivity index (χ4n) is 1.15. The number of carbonyl (C=O) groups is 1. The Kier molecular flexibility index (Phi) is 9.41. The van der Waals surface area contributed by atoms with Crippen LogP contribution in [0.15, 0.2) is 0 Å². The van der Waals surface area contributed by atoms with Crippen LogP contribution in [-0.2, 0) is 4.79 Å². The van der Waals surface area contributed by atoms with Gasteiger partial charge in [0, 0.05) is 19.4 Å². The second-order valence-electron chi connectivity index (χ2n) is 3.34. The minimum absolute atomic E-state index is 0.183. The third kappa shape index (κ3) is 9.12. The van der Waals surface area contributed by atoms with Crippen LogP contribution in [0, 0.1) is 11.8 Å². The van der Waals surface area contributed by atoms with Crippen LogP contribution < -0.4 is 5.32 Å². The molecule has 0 spiro atoms. The van der Waals surface area contributed by atoms with E-state index in [0.717, 1.165) is 32.2 Å². The quantitative estimate of drug-likeness (QED) is 0.491. The zero-order valence-corrected chi connectivity index (χ0v) is 9.36. The molecule has 0 radical (unpaired) electrons. The van der Waals surface area contributed by atoms with E-state index in [1.54, 1.807) is 0 Å². The van der Waals surface area contributed by atoms with E-state index < -0.39 is 0 Å². The van der Waals surface area contributed by atoms with Crippen molar-refractivity contribution in [2.24, 2.45) is 0 Å². The summed E-state index contributed by atoms with van der Waals surface area (Å²) in [6.07, 6.45) is 5.84. The standard InChI is InChI=1S/C12H21NO/c1-3-5-7-9-11-13-12(14)10-8-6-4-2/h4,6-11H2,1-2H3,(H,13,14). The van der Waals surface area contributed by atoms with Crippen LogP contribution in [0.25, 0.3) is 0 Å². The van der Waals surface area contributed by atoms with Gasteiger partial charge in [0.25, 0.3) is 0 Å². The fraction of sp³-hybridized carbons (Fsp3) is 0.750. The Morgan fingerprint density at radius 3 is 2.71 bits per heavy atom. The average Bonchev–Trinajstić information content (AvgIpc) is 2.18. The van der Waals surface area contributed by atoms with E-state index in [0.29, 0.717) is 6.42 Å². The van der Waals surface area contributed by atoms with Gasteiger partial charge >= 0.3 is 0 Å². The molecule has 0 rings (SSSR count). The van der Waals surface area contributed by atoms with Gasteiger partial charge in [0.2, 0.25) is 5.91 Å². The molecule has 0 aromatic carbocycles. The van der Waals surface area contributed by atoms with E-state index in [1.165, 1.54) is 6.42 Å². The van der Waals surface area contributed by atoms with E-state index in [9.17, 15) is 4.79 Å². The van der Waals surface area contributed by atoms with Crippen LogP contribution in [0.3, 0.4) is 0 Å². The average molecular weight is 195 g/mol. The Morgan fingerprint density at radius 1 is 1.29 bits per heavy atom. The number of nitrogens with one attached hydrogen (secondary N) is 1. The highest BCUT2D eigenvalue weighted by Crippen LogP contribution is 1.98. The smallest absolute Gasteiger partial charge is 0.219 e. The maximum Gasteiger partial charge on any atom is 0.219 e. The predicted octanol–water partition coefficient (Wildman–Crippen LogP) is 2.49. The van der Waals surface area contributed by atoms with Crippen molar-refractivity contribution in [3.8, 4) is 11.8 Å². The summed E-state index contributed by atoms with van der Waals surface area (Å²) in [7, 11) is 0. The van der Waals surface area contributed by atoms with Crippen LogP contribution in [0.1, 0.15) is 52.4 Å². The number of hydrogen-bond acceptors (Lipinski definition) is 1. The van der Waals surface area contributed by atoms with Gasteiger partial charge in [0.15, 0.2) is 0 Å². The molecule has 2 heteroatoms. The molecular formula is C12H21NO. The van der Waals surface area contributed by atoms with Gasteiger partial charge in [0.05, 0.1) is 0 Å². The molecular weight excluding hydrogens is 174 g/mol. The molecule has 0 saturated carbocycles. The molecule has 0 aromatic heterocycles. The molecule has 0 saturated heterocycles. The first kappa shape index (κ1) is 13.0. The second-order valence-corrected chi connectivity index (χ2v) is 3.34. The van der Waals surface area contributed by atoms with Crippen molar-refractivity contribution in [2.75, 3.05) is 6.54 Å². The Morgan fingerprint density at radius 2 is 2.07 bits per heavy atom. The van der Waals surface area contributed by atoms with E-state index in [4.69, 9.17) is 0 Å². The molecule has 1 N–H and O–H groups in total. The molecule has 80 valence electrons. The summed E-state index contributed by atoms with van der Waals surface area (Å²) in [5.74, 6) is 5.99. The molecule has 0 unspecified atom stereocenters. The Labute approximate surface area is 87.5 Å². The highest BCUT2D eigenvalue weighted by molar-refractivity contribution is 5.75. The molecule has 1 amide bonds. The monoisotopic (exact) mass is 195 g/mol. The molecule has 0 aliphatic heterocycles. The molecule has 0 aliphatic carbocycles. The van der Waals surface area contributed by atoms with Crippen molar-refractivity contribution < 1.29 is 4.79 Å². The van der Waals surface area contributed by atoms with Gasteiger partial charge in [-0.1, -0.05) is 19.8 Å². The van der Waals surface area contributed by atoms with Crippen molar-refractivity contribution in [2.45, 2.75) is 52.4 Å². The lowest BCUT2D eigenvalue weighted by Gasteiger charge is -2.02. The van der Waals surface area contributed by atoms with Crippen LogP contribution in [0.5, 0.6) is 0 Å². The van der Waals surface area contributed by atoms with Crippen molar-refractivity contribution in [1.82, 2.24) is 5.32 Å². The SMILES string of the molecule is CC#CCCCNC(=O)CCCCC. The van der Waals surface area contributed by atoms with Gasteiger partial charge < -0.3 is 5.32 Å². The van der Waals surface area contributed by atoms with Gasteiger partial charge in [-0.3, -0.25) is 4.79 Å². The van der Waals surface area contributed by atoms with Crippen LogP contribution >= 0.6 is 0 Å². The number of rotatable bonds is 7. The minimum atomic E-state index is 0.183. The topological polar surface area (TPSA) is 29.1 Å². The molecule has 0 fully saturated rings. The highest BCUT2D eigenvalue weighted by atomic mass is 16.1. The summed E-state index contributed by atoms with van der Waals surface area (Å²) in [5, 5.41) is 2.89. The first-order valence-electron chi connectivity index (χ1n) is 5.47. The van der Waals surface area contributed by atoms with Crippen molar-refractivity contribution in [3.63, 3.8) is 0 Å². The number of carbonyl (C=O) groups excluding carboxylic acids is 1. The summed E-state index contributed by atoms with van der Waals surface area (Å²) in [6, 6.07) is 0. The lowest BCUT2D eigenvalue weighted by molar-refractivity contribution is -0.121. The number of hydrogen-bond donors (Lipinski definition) is 1. The van der Waals surface area contributed by atoms with Gasteiger partial charge in [0.1, 0.15) is 0 Å². The molecule has 0 aliphatic rings. The largest absolute Gasteiger partial charge is 0.356 e. The molecule has 0 atom stereocenters. The van der Waals surface area contributed by atoms with Crippen molar-refractivity contribution in [1.29, 1.82) is 0 Å². The summed E-state index contributed by atoms with van der Waals surface area (Å²) in [4.78, 5) is 11.2. The van der Waals surface area contributed by atoms with Crippen molar-refractivity contribution in [3.05, 3.63) is 0 Å². The molecule has 0 heterocycles. The summed E-state index contributed by atoms with van der Waals surface area (Å²) in [5.41, 5.74) is 0. The molecule has 0 bridgehead atoms. The lowest BCUT2D eigenvalue weighted by Crippen LogP contribution is -2.23. The van der Waals surface area contributed by atoms with Crippen LogP contribution in [0.2, 0.25) is 0 Å². The zero-order valence-electron chi connectivity index (χ0n) is 9.36. The van der Waals surface area contributed by atoms with E-state index >= 15 is 0 Å². The third-order valence-electron chi connectivity index (χ3n) is 1.98. The predicted molar refractivity (Wildman–Crippen MR) is 59.8 cm³/mol. The first-order valence-corrected chi connectivity index (χ1v) is 5.47. The fourth-order valence-corrected chi connectivity index (χ4v) is 1.15. The van der Waals surface area contributed by atoms with Gasteiger partial charge in [-0.05, 0) is 19.8 Å². The van der Waals surface area contributed by atoms with Gasteiger partial charge in [-0.2, -0.15) is 0 Å². The van der Waals surface area contributed by atoms with Crippen molar-refractivity contribution >= 4 is 5.91 Å². The zero-order chi connectivity index (χ0) is 10.6.